The molecule has 0 radical (unpaired) electrons. The van der Waals surface area contributed by atoms with Crippen molar-refractivity contribution in [2.75, 3.05) is 12.4 Å². The molecule has 0 bridgehead atoms. The number of alkyl halides is 3. The first-order chi connectivity index (χ1) is 16.1. The number of methoxy groups -OCH3 is 1. The molecule has 0 atom stereocenters. The number of carbonyl (C=O) groups excluding carboxylic acids is 2. The first-order valence-corrected chi connectivity index (χ1v) is 10.5. The van der Waals surface area contributed by atoms with Crippen molar-refractivity contribution in [2.45, 2.75) is 50.8 Å². The van der Waals surface area contributed by atoms with Crippen LogP contribution in [0.2, 0.25) is 0 Å². The molecule has 2 aromatic rings. The van der Waals surface area contributed by atoms with Crippen LogP contribution in [0, 0.1) is 0 Å². The van der Waals surface area contributed by atoms with E-state index in [0.717, 1.165) is 17.7 Å². The molecule has 0 aliphatic heterocycles. The smallest absolute Gasteiger partial charge is 0.495 e. The van der Waals surface area contributed by atoms with Gasteiger partial charge in [-0.3, -0.25) is 9.78 Å². The molecule has 1 aromatic carbocycles. The van der Waals surface area contributed by atoms with E-state index in [-0.39, 0.29) is 30.2 Å². The van der Waals surface area contributed by atoms with Crippen molar-refractivity contribution < 1.29 is 37.0 Å². The Balaban J connectivity index is 1.47. The third-order valence-electron chi connectivity index (χ3n) is 5.23. The number of halogens is 3. The number of anilines is 1. The Morgan fingerprint density at radius 1 is 1.15 bits per heavy atom. The topological polar surface area (TPSA) is 125 Å². The van der Waals surface area contributed by atoms with Gasteiger partial charge in [0.1, 0.15) is 11.5 Å². The predicted molar refractivity (Wildman–Crippen MR) is 115 cm³/mol. The lowest BCUT2D eigenvalue weighted by Gasteiger charge is -2.29. The first kappa shape index (κ1) is 25.1. The highest BCUT2D eigenvalue weighted by Crippen LogP contribution is 2.32. The minimum Gasteiger partial charge on any atom is -0.495 e. The minimum atomic E-state index is -4.85. The number of nitrogens with one attached hydrogen (secondary N) is 2. The molecule has 3 rings (SSSR count). The van der Waals surface area contributed by atoms with Gasteiger partial charge in [0.2, 0.25) is 5.91 Å². The van der Waals surface area contributed by atoms with Gasteiger partial charge in [-0.2, -0.15) is 0 Å². The Morgan fingerprint density at radius 2 is 1.88 bits per heavy atom. The Morgan fingerprint density at radius 3 is 2.53 bits per heavy atom. The van der Waals surface area contributed by atoms with E-state index in [9.17, 15) is 22.8 Å². The zero-order valence-corrected chi connectivity index (χ0v) is 18.4. The summed E-state index contributed by atoms with van der Waals surface area (Å²) in [7, 11) is 1.34. The van der Waals surface area contributed by atoms with E-state index in [1.54, 1.807) is 12.3 Å². The molecule has 1 aliphatic carbocycles. The molecular weight excluding hydrogens is 457 g/mol. The quantitative estimate of drug-likeness (QED) is 0.527. The van der Waals surface area contributed by atoms with Crippen molar-refractivity contribution in [3.8, 4) is 11.5 Å². The first-order valence-electron chi connectivity index (χ1n) is 10.5. The van der Waals surface area contributed by atoms with Gasteiger partial charge in [-0.25, -0.2) is 4.79 Å². The second kappa shape index (κ2) is 11.1. The number of urea groups is 1. The number of primary amides is 1. The van der Waals surface area contributed by atoms with Crippen LogP contribution in [0.5, 0.6) is 11.5 Å². The Kier molecular flexibility index (Phi) is 8.16. The Bertz CT molecular complexity index is 1010. The van der Waals surface area contributed by atoms with Gasteiger partial charge in [-0.05, 0) is 49.4 Å². The fraction of sp³-hybridized carbons (Fsp3) is 0.409. The van der Waals surface area contributed by atoms with E-state index in [2.05, 4.69) is 20.4 Å². The number of ether oxygens (including phenoxy) is 3. The number of hydrogen-bond acceptors (Lipinski definition) is 6. The van der Waals surface area contributed by atoms with Gasteiger partial charge in [-0.1, -0.05) is 0 Å². The van der Waals surface area contributed by atoms with Crippen LogP contribution in [0.25, 0.3) is 0 Å². The van der Waals surface area contributed by atoms with Crippen molar-refractivity contribution in [3.05, 3.63) is 47.8 Å². The lowest BCUT2D eigenvalue weighted by molar-refractivity contribution is -0.274. The van der Waals surface area contributed by atoms with Crippen LogP contribution in [-0.2, 0) is 11.3 Å². The van der Waals surface area contributed by atoms with Gasteiger partial charge in [0.15, 0.2) is 0 Å². The molecule has 1 aromatic heterocycles. The number of aromatic nitrogens is 1. The second-order valence-corrected chi connectivity index (χ2v) is 7.74. The number of benzene rings is 1. The number of nitrogens with zero attached hydrogens (tertiary/aromatic N) is 1. The Labute approximate surface area is 193 Å². The number of nitrogens with two attached hydrogens (primary N) is 1. The maximum Gasteiger partial charge on any atom is 0.573 e. The minimum absolute atomic E-state index is 0.0189. The average molecular weight is 482 g/mol. The molecule has 1 aliphatic rings. The standard InChI is InChI=1S/C22H25F3N4O5/c1-32-19-7-6-17(34-22(23,24)25)9-18(19)29-21(31)28-15-2-4-16(5-3-15)33-12-13-8-14(20(26)30)11-27-10-13/h6-11,15-16H,2-5,12H2,1H3,(H2,26,30)(H2,28,29,31). The SMILES string of the molecule is COc1ccc(OC(F)(F)F)cc1NC(=O)NC1CCC(OCc2cncc(C(N)=O)c2)CC1. The molecule has 1 heterocycles. The number of rotatable bonds is 8. The highest BCUT2D eigenvalue weighted by molar-refractivity contribution is 5.92. The van der Waals surface area contributed by atoms with Crippen molar-refractivity contribution in [2.24, 2.45) is 5.73 Å². The normalized spacial score (nSPS) is 18.1. The molecule has 1 fully saturated rings. The van der Waals surface area contributed by atoms with Crippen LogP contribution in [-0.4, -0.2) is 42.5 Å². The molecule has 3 amide bonds. The summed E-state index contributed by atoms with van der Waals surface area (Å²) in [5.41, 5.74) is 6.35. The number of pyridine rings is 1. The molecule has 0 unspecified atom stereocenters. The monoisotopic (exact) mass is 482 g/mol. The summed E-state index contributed by atoms with van der Waals surface area (Å²) in [4.78, 5) is 27.6. The van der Waals surface area contributed by atoms with E-state index < -0.39 is 24.1 Å². The fourth-order valence-electron chi connectivity index (χ4n) is 3.61. The Hall–Kier alpha value is -3.54. The van der Waals surface area contributed by atoms with Crippen LogP contribution in [0.1, 0.15) is 41.6 Å². The van der Waals surface area contributed by atoms with Crippen LogP contribution in [0.4, 0.5) is 23.7 Å². The molecule has 0 spiro atoms. The number of carbonyl (C=O) groups is 2. The van der Waals surface area contributed by atoms with E-state index in [0.29, 0.717) is 31.2 Å². The van der Waals surface area contributed by atoms with Gasteiger partial charge in [0, 0.05) is 24.5 Å². The van der Waals surface area contributed by atoms with Gasteiger partial charge >= 0.3 is 12.4 Å². The summed E-state index contributed by atoms with van der Waals surface area (Å²) in [6.45, 7) is 0.285. The van der Waals surface area contributed by atoms with Gasteiger partial charge in [0.25, 0.3) is 0 Å². The summed E-state index contributed by atoms with van der Waals surface area (Å²) >= 11 is 0. The number of amides is 3. The summed E-state index contributed by atoms with van der Waals surface area (Å²) in [5.74, 6) is -0.842. The highest BCUT2D eigenvalue weighted by atomic mass is 19.4. The van der Waals surface area contributed by atoms with E-state index >= 15 is 0 Å². The maximum absolute atomic E-state index is 12.5. The molecule has 4 N–H and O–H groups in total. The summed E-state index contributed by atoms with van der Waals surface area (Å²) in [6, 6.07) is 4.35. The lowest BCUT2D eigenvalue weighted by atomic mass is 9.93. The third kappa shape index (κ3) is 7.51. The van der Waals surface area contributed by atoms with E-state index in [4.69, 9.17) is 15.2 Å². The molecule has 34 heavy (non-hydrogen) atoms. The maximum atomic E-state index is 12.5. The fourth-order valence-corrected chi connectivity index (χ4v) is 3.61. The summed E-state index contributed by atoms with van der Waals surface area (Å²) in [5, 5.41) is 5.32. The molecular formula is C22H25F3N4O5. The molecule has 9 nitrogen and oxygen atoms in total. The van der Waals surface area contributed by atoms with Gasteiger partial charge < -0.3 is 30.6 Å². The van der Waals surface area contributed by atoms with Crippen molar-refractivity contribution in [3.63, 3.8) is 0 Å². The summed E-state index contributed by atoms with van der Waals surface area (Å²) < 4.78 is 52.3. The van der Waals surface area contributed by atoms with Crippen molar-refractivity contribution in [1.29, 1.82) is 0 Å². The van der Waals surface area contributed by atoms with E-state index in [1.807, 2.05) is 0 Å². The largest absolute Gasteiger partial charge is 0.573 e. The van der Waals surface area contributed by atoms with Crippen molar-refractivity contribution in [1.82, 2.24) is 10.3 Å². The van der Waals surface area contributed by atoms with Gasteiger partial charge in [-0.15, -0.1) is 13.2 Å². The summed E-state index contributed by atoms with van der Waals surface area (Å²) in [6.07, 6.45) is 0.844. The molecule has 0 saturated heterocycles. The van der Waals surface area contributed by atoms with Gasteiger partial charge in [0.05, 0.1) is 31.1 Å². The third-order valence-corrected chi connectivity index (χ3v) is 5.23. The lowest BCUT2D eigenvalue weighted by Crippen LogP contribution is -2.41. The predicted octanol–water partition coefficient (Wildman–Crippen LogP) is 3.74. The van der Waals surface area contributed by atoms with Crippen LogP contribution >= 0.6 is 0 Å². The van der Waals surface area contributed by atoms with Crippen LogP contribution < -0.4 is 25.8 Å². The zero-order chi connectivity index (χ0) is 24.7. The van der Waals surface area contributed by atoms with Crippen molar-refractivity contribution >= 4 is 17.6 Å². The zero-order valence-electron chi connectivity index (χ0n) is 18.4. The molecule has 184 valence electrons. The number of hydrogen-bond donors (Lipinski definition) is 3. The molecule has 1 saturated carbocycles. The van der Waals surface area contributed by atoms with Crippen LogP contribution in [0.3, 0.4) is 0 Å². The van der Waals surface area contributed by atoms with Crippen LogP contribution in [0.15, 0.2) is 36.7 Å². The van der Waals surface area contributed by atoms with E-state index in [1.165, 1.54) is 19.4 Å². The highest BCUT2D eigenvalue weighted by Gasteiger charge is 2.31. The molecule has 12 heteroatoms. The average Bonchev–Trinajstić information content (AvgIpc) is 2.78. The second-order valence-electron chi connectivity index (χ2n) is 7.74.